The molecule has 0 aliphatic carbocycles. The van der Waals surface area contributed by atoms with E-state index in [1.54, 1.807) is 13.4 Å². The molecule has 2 N–H and O–H groups in total. The molecule has 1 heterocycles. The lowest BCUT2D eigenvalue weighted by atomic mass is 10.0. The highest BCUT2D eigenvalue weighted by molar-refractivity contribution is 5.88. The number of carbonyl (C=O) groups excluding carboxylic acids is 1. The number of carbonyl (C=O) groups is 1. The van der Waals surface area contributed by atoms with Gasteiger partial charge in [-0.15, -0.1) is 10.2 Å². The highest BCUT2D eigenvalue weighted by Gasteiger charge is 2.10. The van der Waals surface area contributed by atoms with Crippen LogP contribution in [-0.4, -0.2) is 27.9 Å². The van der Waals surface area contributed by atoms with Gasteiger partial charge in [0.25, 0.3) is 0 Å². The summed E-state index contributed by atoms with van der Waals surface area (Å²) in [7, 11) is 1.63. The fourth-order valence-corrected chi connectivity index (χ4v) is 2.76. The average molecular weight is 339 g/mol. The lowest BCUT2D eigenvalue weighted by Crippen LogP contribution is -2.35. The van der Waals surface area contributed by atoms with E-state index >= 15 is 0 Å². The molecule has 1 aromatic heterocycles. The third kappa shape index (κ3) is 3.71. The van der Waals surface area contributed by atoms with E-state index in [0.29, 0.717) is 13.1 Å². The summed E-state index contributed by atoms with van der Waals surface area (Å²) < 4.78 is 7.32. The number of benzene rings is 2. The number of nitrogens with one attached hydrogen (secondary N) is 2. The van der Waals surface area contributed by atoms with Gasteiger partial charge in [0.05, 0.1) is 13.7 Å². The molecule has 0 spiro atoms. The maximum absolute atomic E-state index is 12.1. The van der Waals surface area contributed by atoms with Gasteiger partial charge in [-0.05, 0) is 23.8 Å². The van der Waals surface area contributed by atoms with Crippen LogP contribution in [0.1, 0.15) is 18.3 Å². The average Bonchev–Trinajstić information content (AvgIpc) is 3.11. The minimum Gasteiger partial charge on any atom is -0.496 e. The minimum atomic E-state index is -0.263. The van der Waals surface area contributed by atoms with Crippen molar-refractivity contribution >= 4 is 16.8 Å². The van der Waals surface area contributed by atoms with E-state index in [4.69, 9.17) is 4.74 Å². The predicted molar refractivity (Wildman–Crippen MR) is 95.3 cm³/mol. The Kier molecular flexibility index (Phi) is 5.13. The summed E-state index contributed by atoms with van der Waals surface area (Å²) in [6.45, 7) is 3.46. The molecule has 3 rings (SSSR count). The molecule has 0 bridgehead atoms. The van der Waals surface area contributed by atoms with Crippen LogP contribution in [0.4, 0.5) is 4.79 Å². The third-order valence-corrected chi connectivity index (χ3v) is 4.09. The molecule has 7 heteroatoms. The van der Waals surface area contributed by atoms with Crippen molar-refractivity contribution in [3.8, 4) is 5.75 Å². The standard InChI is InChI=1S/C18H21N5O2/c1-3-23-12-21-22-17(23)11-20-18(24)19-10-15-14-7-5-4-6-13(14)8-9-16(15)25-2/h4-9,12H,3,10-11H2,1-2H3,(H2,19,20,24). The molecule has 25 heavy (non-hydrogen) atoms. The van der Waals surface area contributed by atoms with Crippen molar-refractivity contribution in [2.75, 3.05) is 7.11 Å². The Bertz CT molecular complexity index is 875. The summed E-state index contributed by atoms with van der Waals surface area (Å²) >= 11 is 0. The van der Waals surface area contributed by atoms with Crippen LogP contribution in [0.15, 0.2) is 42.7 Å². The van der Waals surface area contributed by atoms with E-state index in [1.807, 2.05) is 47.9 Å². The Balaban J connectivity index is 1.67. The van der Waals surface area contributed by atoms with Crippen molar-refractivity contribution in [3.05, 3.63) is 54.1 Å². The zero-order valence-corrected chi connectivity index (χ0v) is 14.3. The zero-order valence-electron chi connectivity index (χ0n) is 14.3. The highest BCUT2D eigenvalue weighted by Crippen LogP contribution is 2.27. The van der Waals surface area contributed by atoms with Crippen LogP contribution in [-0.2, 0) is 19.6 Å². The molecule has 2 aromatic carbocycles. The number of hydrogen-bond donors (Lipinski definition) is 2. The van der Waals surface area contributed by atoms with Gasteiger partial charge in [0.15, 0.2) is 5.82 Å². The van der Waals surface area contributed by atoms with Gasteiger partial charge in [0, 0.05) is 18.7 Å². The van der Waals surface area contributed by atoms with Crippen LogP contribution >= 0.6 is 0 Å². The number of fused-ring (bicyclic) bond motifs is 1. The first-order chi connectivity index (χ1) is 12.2. The van der Waals surface area contributed by atoms with Gasteiger partial charge in [-0.25, -0.2) is 4.79 Å². The number of rotatable bonds is 6. The molecule has 0 aliphatic rings. The lowest BCUT2D eigenvalue weighted by molar-refractivity contribution is 0.239. The number of aromatic nitrogens is 3. The summed E-state index contributed by atoms with van der Waals surface area (Å²) in [6.07, 6.45) is 1.65. The van der Waals surface area contributed by atoms with Crippen LogP contribution in [0, 0.1) is 0 Å². The molecule has 0 unspecified atom stereocenters. The van der Waals surface area contributed by atoms with Gasteiger partial charge in [-0.2, -0.15) is 0 Å². The molecule has 0 radical (unpaired) electrons. The number of urea groups is 1. The largest absolute Gasteiger partial charge is 0.496 e. The first-order valence-corrected chi connectivity index (χ1v) is 8.16. The second-order valence-electron chi connectivity index (χ2n) is 5.54. The van der Waals surface area contributed by atoms with E-state index in [9.17, 15) is 4.79 Å². The van der Waals surface area contributed by atoms with Crippen LogP contribution in [0.25, 0.3) is 10.8 Å². The van der Waals surface area contributed by atoms with E-state index in [0.717, 1.165) is 34.5 Å². The molecule has 7 nitrogen and oxygen atoms in total. The van der Waals surface area contributed by atoms with Gasteiger partial charge < -0.3 is 19.9 Å². The number of amides is 2. The van der Waals surface area contributed by atoms with Crippen LogP contribution in [0.5, 0.6) is 5.75 Å². The van der Waals surface area contributed by atoms with Gasteiger partial charge >= 0.3 is 6.03 Å². The van der Waals surface area contributed by atoms with Gasteiger partial charge in [-0.1, -0.05) is 30.3 Å². The number of aryl methyl sites for hydroxylation is 1. The zero-order chi connectivity index (χ0) is 17.6. The predicted octanol–water partition coefficient (Wildman–Crippen LogP) is 2.46. The van der Waals surface area contributed by atoms with Crippen LogP contribution in [0.3, 0.4) is 0 Å². The smallest absolute Gasteiger partial charge is 0.315 e. The number of methoxy groups -OCH3 is 1. The van der Waals surface area contributed by atoms with Crippen molar-refractivity contribution < 1.29 is 9.53 Å². The summed E-state index contributed by atoms with van der Waals surface area (Å²) in [5.74, 6) is 1.48. The molecule has 3 aromatic rings. The third-order valence-electron chi connectivity index (χ3n) is 4.09. The van der Waals surface area contributed by atoms with Gasteiger partial charge in [0.2, 0.25) is 0 Å². The molecule has 0 aliphatic heterocycles. The number of ether oxygens (including phenoxy) is 1. The van der Waals surface area contributed by atoms with Gasteiger partial charge in [-0.3, -0.25) is 0 Å². The molecular formula is C18H21N5O2. The molecule has 0 saturated carbocycles. The molecule has 2 amide bonds. The lowest BCUT2D eigenvalue weighted by Gasteiger charge is -2.13. The van der Waals surface area contributed by atoms with Gasteiger partial charge in [0.1, 0.15) is 12.1 Å². The summed E-state index contributed by atoms with van der Waals surface area (Å²) in [4.78, 5) is 12.1. The van der Waals surface area contributed by atoms with Crippen molar-refractivity contribution in [2.45, 2.75) is 26.6 Å². The van der Waals surface area contributed by atoms with Crippen molar-refractivity contribution in [3.63, 3.8) is 0 Å². The molecule has 0 saturated heterocycles. The monoisotopic (exact) mass is 339 g/mol. The maximum Gasteiger partial charge on any atom is 0.315 e. The minimum absolute atomic E-state index is 0.263. The number of nitrogens with zero attached hydrogens (tertiary/aromatic N) is 3. The molecule has 0 fully saturated rings. The molecule has 130 valence electrons. The fourth-order valence-electron chi connectivity index (χ4n) is 2.76. The van der Waals surface area contributed by atoms with Crippen LogP contribution in [0.2, 0.25) is 0 Å². The Morgan fingerprint density at radius 2 is 1.96 bits per heavy atom. The van der Waals surface area contributed by atoms with Crippen molar-refractivity contribution in [1.82, 2.24) is 25.4 Å². The summed E-state index contributed by atoms with van der Waals surface area (Å²) in [6, 6.07) is 11.7. The van der Waals surface area contributed by atoms with E-state index < -0.39 is 0 Å². The summed E-state index contributed by atoms with van der Waals surface area (Å²) in [5.41, 5.74) is 0.951. The summed E-state index contributed by atoms with van der Waals surface area (Å²) in [5, 5.41) is 15.7. The second kappa shape index (κ2) is 7.65. The Morgan fingerprint density at radius 3 is 2.76 bits per heavy atom. The van der Waals surface area contributed by atoms with Crippen LogP contribution < -0.4 is 15.4 Å². The SMILES string of the molecule is CCn1cnnc1CNC(=O)NCc1c(OC)ccc2ccccc12. The van der Waals surface area contributed by atoms with E-state index in [2.05, 4.69) is 20.8 Å². The second-order valence-corrected chi connectivity index (χ2v) is 5.54. The normalized spacial score (nSPS) is 10.6. The van der Waals surface area contributed by atoms with Crippen molar-refractivity contribution in [2.24, 2.45) is 0 Å². The fraction of sp³-hybridized carbons (Fsp3) is 0.278. The highest BCUT2D eigenvalue weighted by atomic mass is 16.5. The Hall–Kier alpha value is -3.09. The Morgan fingerprint density at radius 1 is 1.16 bits per heavy atom. The molecular weight excluding hydrogens is 318 g/mol. The maximum atomic E-state index is 12.1. The Labute approximate surface area is 146 Å². The first kappa shape index (κ1) is 16.8. The van der Waals surface area contributed by atoms with E-state index in [1.165, 1.54) is 0 Å². The van der Waals surface area contributed by atoms with E-state index in [-0.39, 0.29) is 6.03 Å². The molecule has 0 atom stereocenters. The quantitative estimate of drug-likeness (QED) is 0.723. The number of hydrogen-bond acceptors (Lipinski definition) is 4. The van der Waals surface area contributed by atoms with Crippen molar-refractivity contribution in [1.29, 1.82) is 0 Å². The topological polar surface area (TPSA) is 81.1 Å². The first-order valence-electron chi connectivity index (χ1n) is 8.16.